The Balaban J connectivity index is 2.02. The van der Waals surface area contributed by atoms with Gasteiger partial charge in [0.25, 0.3) is 5.91 Å². The van der Waals surface area contributed by atoms with E-state index >= 15 is 0 Å². The minimum atomic E-state index is -0.374. The Morgan fingerprint density at radius 1 is 1.25 bits per heavy atom. The lowest BCUT2D eigenvalue weighted by Gasteiger charge is -2.08. The van der Waals surface area contributed by atoms with Crippen molar-refractivity contribution in [1.29, 1.82) is 0 Å². The van der Waals surface area contributed by atoms with Crippen LogP contribution in [0.1, 0.15) is 15.9 Å². The summed E-state index contributed by atoms with van der Waals surface area (Å²) in [5.74, 6) is 0.176. The van der Waals surface area contributed by atoms with Crippen molar-refractivity contribution in [2.45, 2.75) is 6.54 Å². The van der Waals surface area contributed by atoms with Gasteiger partial charge in [-0.2, -0.15) is 0 Å². The third-order valence-corrected chi connectivity index (χ3v) is 3.15. The number of methoxy groups -OCH3 is 1. The number of phenolic OH excluding ortho intramolecular Hbond substituents is 1. The van der Waals surface area contributed by atoms with Crippen LogP contribution in [0.3, 0.4) is 0 Å². The molecular formula is C15H14ClNO3. The second-order valence-electron chi connectivity index (χ2n) is 4.17. The fraction of sp³-hybridized carbons (Fsp3) is 0.133. The summed E-state index contributed by atoms with van der Waals surface area (Å²) >= 11 is 5.76. The zero-order valence-electron chi connectivity index (χ0n) is 10.9. The lowest BCUT2D eigenvalue weighted by molar-refractivity contribution is 0.0948. The van der Waals surface area contributed by atoms with Gasteiger partial charge in [-0.1, -0.05) is 29.8 Å². The van der Waals surface area contributed by atoms with Gasteiger partial charge < -0.3 is 15.2 Å². The summed E-state index contributed by atoms with van der Waals surface area (Å²) in [6.45, 7) is 0.356. The molecule has 0 spiro atoms. The van der Waals surface area contributed by atoms with Crippen LogP contribution in [0.25, 0.3) is 0 Å². The highest BCUT2D eigenvalue weighted by atomic mass is 35.5. The molecule has 0 heterocycles. The van der Waals surface area contributed by atoms with Crippen LogP contribution in [0.4, 0.5) is 0 Å². The number of benzene rings is 2. The molecule has 0 aliphatic rings. The largest absolute Gasteiger partial charge is 0.506 e. The number of ether oxygens (including phenoxy) is 1. The number of carbonyl (C=O) groups is 1. The molecule has 0 saturated heterocycles. The van der Waals surface area contributed by atoms with E-state index < -0.39 is 0 Å². The number of phenols is 1. The summed E-state index contributed by atoms with van der Waals surface area (Å²) in [5, 5.41) is 12.6. The number of aromatic hydroxyl groups is 1. The minimum absolute atomic E-state index is 0.155. The highest BCUT2D eigenvalue weighted by Crippen LogP contribution is 2.26. The third kappa shape index (κ3) is 3.22. The number of halogens is 1. The number of hydrogen-bond acceptors (Lipinski definition) is 3. The number of nitrogens with one attached hydrogen (secondary N) is 1. The molecule has 0 fully saturated rings. The molecule has 20 heavy (non-hydrogen) atoms. The Labute approximate surface area is 122 Å². The predicted octanol–water partition coefficient (Wildman–Crippen LogP) is 2.98. The standard InChI is InChI=1S/C15H14ClNO3/c1-20-11-7-5-10(6-8-11)9-17-15(19)12-3-2-4-13(16)14(12)18/h2-8,18H,9H2,1H3,(H,17,19). The van der Waals surface area contributed by atoms with Crippen molar-refractivity contribution in [3.05, 3.63) is 58.6 Å². The summed E-state index contributed by atoms with van der Waals surface area (Å²) in [5.41, 5.74) is 1.09. The van der Waals surface area contributed by atoms with Gasteiger partial charge >= 0.3 is 0 Å². The van der Waals surface area contributed by atoms with Gasteiger partial charge in [0.2, 0.25) is 0 Å². The number of rotatable bonds is 4. The van der Waals surface area contributed by atoms with Crippen LogP contribution in [0.5, 0.6) is 11.5 Å². The van der Waals surface area contributed by atoms with Gasteiger partial charge in [-0.15, -0.1) is 0 Å². The van der Waals surface area contributed by atoms with Crippen molar-refractivity contribution in [2.24, 2.45) is 0 Å². The smallest absolute Gasteiger partial charge is 0.255 e. The van der Waals surface area contributed by atoms with Gasteiger partial charge in [0.05, 0.1) is 17.7 Å². The van der Waals surface area contributed by atoms with Gasteiger partial charge in [-0.25, -0.2) is 0 Å². The second kappa shape index (κ2) is 6.30. The molecule has 0 unspecified atom stereocenters. The van der Waals surface area contributed by atoms with Crippen LogP contribution in [-0.2, 0) is 6.54 Å². The van der Waals surface area contributed by atoms with Crippen molar-refractivity contribution in [1.82, 2.24) is 5.32 Å². The van der Waals surface area contributed by atoms with E-state index in [4.69, 9.17) is 16.3 Å². The van der Waals surface area contributed by atoms with Crippen molar-refractivity contribution < 1.29 is 14.6 Å². The molecule has 0 atom stereocenters. The maximum atomic E-state index is 12.0. The van der Waals surface area contributed by atoms with E-state index in [0.717, 1.165) is 11.3 Å². The van der Waals surface area contributed by atoms with Crippen LogP contribution in [-0.4, -0.2) is 18.1 Å². The first-order valence-corrected chi connectivity index (χ1v) is 6.38. The summed E-state index contributed by atoms with van der Waals surface area (Å²) in [6.07, 6.45) is 0. The fourth-order valence-electron chi connectivity index (χ4n) is 1.72. The maximum absolute atomic E-state index is 12.0. The Hall–Kier alpha value is -2.20. The maximum Gasteiger partial charge on any atom is 0.255 e. The minimum Gasteiger partial charge on any atom is -0.506 e. The first kappa shape index (κ1) is 14.2. The van der Waals surface area contributed by atoms with Crippen LogP contribution >= 0.6 is 11.6 Å². The molecule has 0 aliphatic carbocycles. The van der Waals surface area contributed by atoms with Gasteiger partial charge in [-0.3, -0.25) is 4.79 Å². The lowest BCUT2D eigenvalue weighted by Crippen LogP contribution is -2.22. The van der Waals surface area contributed by atoms with E-state index in [1.165, 1.54) is 12.1 Å². The fourth-order valence-corrected chi connectivity index (χ4v) is 1.89. The second-order valence-corrected chi connectivity index (χ2v) is 4.57. The topological polar surface area (TPSA) is 58.6 Å². The van der Waals surface area contributed by atoms with E-state index in [2.05, 4.69) is 5.32 Å². The van der Waals surface area contributed by atoms with Crippen LogP contribution < -0.4 is 10.1 Å². The van der Waals surface area contributed by atoms with E-state index in [1.807, 2.05) is 24.3 Å². The third-order valence-electron chi connectivity index (χ3n) is 2.84. The molecule has 2 aromatic rings. The number of para-hydroxylation sites is 1. The molecule has 1 amide bonds. The Morgan fingerprint density at radius 2 is 1.95 bits per heavy atom. The zero-order valence-corrected chi connectivity index (χ0v) is 11.6. The van der Waals surface area contributed by atoms with E-state index in [9.17, 15) is 9.90 Å². The summed E-state index contributed by atoms with van der Waals surface area (Å²) in [7, 11) is 1.60. The summed E-state index contributed by atoms with van der Waals surface area (Å²) in [4.78, 5) is 12.0. The Morgan fingerprint density at radius 3 is 2.60 bits per heavy atom. The molecule has 0 radical (unpaired) electrons. The van der Waals surface area contributed by atoms with E-state index in [1.54, 1.807) is 13.2 Å². The molecular weight excluding hydrogens is 278 g/mol. The van der Waals surface area contributed by atoms with Gasteiger partial charge in [0.1, 0.15) is 11.5 Å². The molecule has 5 heteroatoms. The van der Waals surface area contributed by atoms with Crippen molar-refractivity contribution in [3.8, 4) is 11.5 Å². The highest BCUT2D eigenvalue weighted by Gasteiger charge is 2.12. The SMILES string of the molecule is COc1ccc(CNC(=O)c2cccc(Cl)c2O)cc1. The van der Waals surface area contributed by atoms with E-state index in [0.29, 0.717) is 6.54 Å². The number of hydrogen-bond donors (Lipinski definition) is 2. The van der Waals surface area contributed by atoms with Crippen LogP contribution in [0.15, 0.2) is 42.5 Å². The van der Waals surface area contributed by atoms with Gasteiger partial charge in [0, 0.05) is 6.54 Å². The van der Waals surface area contributed by atoms with E-state index in [-0.39, 0.29) is 22.2 Å². The summed E-state index contributed by atoms with van der Waals surface area (Å²) < 4.78 is 5.06. The van der Waals surface area contributed by atoms with Crippen LogP contribution in [0, 0.1) is 0 Å². The molecule has 0 bridgehead atoms. The molecule has 0 aromatic heterocycles. The highest BCUT2D eigenvalue weighted by molar-refractivity contribution is 6.32. The monoisotopic (exact) mass is 291 g/mol. The molecule has 4 nitrogen and oxygen atoms in total. The molecule has 104 valence electrons. The molecule has 2 aromatic carbocycles. The number of amides is 1. The summed E-state index contributed by atoms with van der Waals surface area (Å²) in [6, 6.07) is 12.0. The molecule has 2 rings (SSSR count). The van der Waals surface area contributed by atoms with Gasteiger partial charge in [-0.05, 0) is 29.8 Å². The quantitative estimate of drug-likeness (QED) is 0.910. The number of carbonyl (C=O) groups excluding carboxylic acids is 1. The average Bonchev–Trinajstić information content (AvgIpc) is 2.48. The zero-order chi connectivity index (χ0) is 14.5. The lowest BCUT2D eigenvalue weighted by atomic mass is 10.1. The Bertz CT molecular complexity index is 611. The molecule has 0 saturated carbocycles. The molecule has 0 aliphatic heterocycles. The Kier molecular flexibility index (Phi) is 4.48. The first-order chi connectivity index (χ1) is 9.61. The molecule has 2 N–H and O–H groups in total. The predicted molar refractivity (Wildman–Crippen MR) is 77.3 cm³/mol. The van der Waals surface area contributed by atoms with Crippen molar-refractivity contribution in [3.63, 3.8) is 0 Å². The van der Waals surface area contributed by atoms with Gasteiger partial charge in [0.15, 0.2) is 0 Å². The first-order valence-electron chi connectivity index (χ1n) is 6.00. The van der Waals surface area contributed by atoms with Crippen LogP contribution in [0.2, 0.25) is 5.02 Å². The van der Waals surface area contributed by atoms with Crippen molar-refractivity contribution >= 4 is 17.5 Å². The average molecular weight is 292 g/mol. The normalized spacial score (nSPS) is 10.1. The van der Waals surface area contributed by atoms with Crippen molar-refractivity contribution in [2.75, 3.05) is 7.11 Å².